The smallest absolute Gasteiger partial charge is 0.146 e. The van der Waals surface area contributed by atoms with Gasteiger partial charge in [-0.1, -0.05) is 97.1 Å². The zero-order chi connectivity index (χ0) is 30.9. The van der Waals surface area contributed by atoms with Crippen LogP contribution in [0.25, 0.3) is 88.7 Å². The number of rotatable bonds is 4. The summed E-state index contributed by atoms with van der Waals surface area (Å²) in [5, 5.41) is 4.63. The molecule has 4 heteroatoms. The van der Waals surface area contributed by atoms with Gasteiger partial charge in [-0.25, -0.2) is 4.98 Å². The molecular formula is C43H27N3O. The third kappa shape index (κ3) is 3.92. The summed E-state index contributed by atoms with van der Waals surface area (Å²) >= 11 is 0. The van der Waals surface area contributed by atoms with Crippen molar-refractivity contribution in [1.29, 1.82) is 0 Å². The lowest BCUT2D eigenvalue weighted by atomic mass is 10.0. The first kappa shape index (κ1) is 25.9. The maximum atomic E-state index is 6.58. The van der Waals surface area contributed by atoms with Crippen molar-refractivity contribution in [2.75, 3.05) is 0 Å². The molecule has 220 valence electrons. The topological polar surface area (TPSA) is 35.9 Å². The maximum absolute atomic E-state index is 6.58. The number of aromatic nitrogens is 3. The van der Waals surface area contributed by atoms with E-state index in [1.165, 1.54) is 21.8 Å². The van der Waals surface area contributed by atoms with E-state index in [1.54, 1.807) is 0 Å². The standard InChI is InChI=1S/C43H27N3O/c1-3-12-30(13-4-1)45-37-19-9-7-16-32(37)33-24-22-28(26-39(33)45)29-23-25-34-41(27-29)47-40-21-11-17-35(42(34)40)43-44-36-18-8-10-20-38(36)46(43)31-14-5-2-6-15-31/h1-27H. The summed E-state index contributed by atoms with van der Waals surface area (Å²) in [5.74, 6) is 0.897. The minimum atomic E-state index is 0.848. The molecular weight excluding hydrogens is 574 g/mol. The molecule has 0 amide bonds. The number of para-hydroxylation sites is 5. The minimum absolute atomic E-state index is 0.848. The Balaban J connectivity index is 1.17. The molecule has 3 heterocycles. The van der Waals surface area contributed by atoms with E-state index in [0.29, 0.717) is 0 Å². The molecule has 0 aliphatic carbocycles. The molecule has 47 heavy (non-hydrogen) atoms. The second kappa shape index (κ2) is 10.1. The largest absolute Gasteiger partial charge is 0.456 e. The number of hydrogen-bond donors (Lipinski definition) is 0. The van der Waals surface area contributed by atoms with Gasteiger partial charge in [-0.3, -0.25) is 4.57 Å². The molecule has 3 aromatic heterocycles. The SMILES string of the molecule is c1ccc(-n2c(-c3cccc4oc5cc(-c6ccc7c8ccccc8n(-c8ccccc8)c7c6)ccc5c34)nc3ccccc32)cc1. The van der Waals surface area contributed by atoms with Gasteiger partial charge in [0.2, 0.25) is 0 Å². The van der Waals surface area contributed by atoms with Crippen molar-refractivity contribution >= 4 is 54.8 Å². The van der Waals surface area contributed by atoms with Gasteiger partial charge in [0.15, 0.2) is 0 Å². The highest BCUT2D eigenvalue weighted by Gasteiger charge is 2.20. The Labute approximate surface area is 270 Å². The lowest BCUT2D eigenvalue weighted by Gasteiger charge is -2.10. The van der Waals surface area contributed by atoms with Crippen LogP contribution in [0.5, 0.6) is 0 Å². The molecule has 0 bridgehead atoms. The number of benzene rings is 7. The van der Waals surface area contributed by atoms with Gasteiger partial charge in [-0.2, -0.15) is 0 Å². The first-order chi connectivity index (χ1) is 23.3. The van der Waals surface area contributed by atoms with Crippen molar-refractivity contribution in [3.63, 3.8) is 0 Å². The summed E-state index contributed by atoms with van der Waals surface area (Å²) in [6.07, 6.45) is 0. The normalized spacial score (nSPS) is 11.8. The first-order valence-corrected chi connectivity index (χ1v) is 15.9. The van der Waals surface area contributed by atoms with E-state index < -0.39 is 0 Å². The number of fused-ring (bicyclic) bond motifs is 7. The molecule has 0 saturated heterocycles. The highest BCUT2D eigenvalue weighted by Crippen LogP contribution is 2.41. The average Bonchev–Trinajstić information content (AvgIpc) is 3.81. The third-order valence-electron chi connectivity index (χ3n) is 9.33. The van der Waals surface area contributed by atoms with Crippen LogP contribution < -0.4 is 0 Å². The van der Waals surface area contributed by atoms with E-state index in [4.69, 9.17) is 9.40 Å². The maximum Gasteiger partial charge on any atom is 0.146 e. The van der Waals surface area contributed by atoms with Gasteiger partial charge in [0, 0.05) is 38.5 Å². The van der Waals surface area contributed by atoms with E-state index in [2.05, 4.69) is 161 Å². The van der Waals surface area contributed by atoms with E-state index in [1.807, 2.05) is 12.1 Å². The van der Waals surface area contributed by atoms with E-state index in [9.17, 15) is 0 Å². The summed E-state index contributed by atoms with van der Waals surface area (Å²) in [4.78, 5) is 5.16. The molecule has 10 rings (SSSR count). The van der Waals surface area contributed by atoms with Crippen molar-refractivity contribution < 1.29 is 4.42 Å². The highest BCUT2D eigenvalue weighted by atomic mass is 16.3. The fourth-order valence-electron chi connectivity index (χ4n) is 7.24. The van der Waals surface area contributed by atoms with Crippen LogP contribution in [0.2, 0.25) is 0 Å². The van der Waals surface area contributed by atoms with Crippen LogP contribution in [-0.2, 0) is 0 Å². The van der Waals surface area contributed by atoms with Crippen LogP contribution in [0.1, 0.15) is 0 Å². The summed E-state index contributed by atoms with van der Waals surface area (Å²) in [7, 11) is 0. The monoisotopic (exact) mass is 601 g/mol. The molecule has 0 fully saturated rings. The summed E-state index contributed by atoms with van der Waals surface area (Å²) in [5.41, 5.74) is 11.6. The zero-order valence-corrected chi connectivity index (χ0v) is 25.3. The van der Waals surface area contributed by atoms with E-state index in [-0.39, 0.29) is 0 Å². The summed E-state index contributed by atoms with van der Waals surface area (Å²) in [6, 6.07) is 57.6. The molecule has 0 N–H and O–H groups in total. The Morgan fingerprint density at radius 2 is 1.06 bits per heavy atom. The van der Waals surface area contributed by atoms with Crippen LogP contribution in [0.15, 0.2) is 168 Å². The number of imidazole rings is 1. The Morgan fingerprint density at radius 3 is 1.87 bits per heavy atom. The fraction of sp³-hybridized carbons (Fsp3) is 0. The highest BCUT2D eigenvalue weighted by molar-refractivity contribution is 6.14. The second-order valence-corrected chi connectivity index (χ2v) is 12.0. The summed E-state index contributed by atoms with van der Waals surface area (Å²) < 4.78 is 11.2. The van der Waals surface area contributed by atoms with Crippen LogP contribution in [0.3, 0.4) is 0 Å². The lowest BCUT2D eigenvalue weighted by molar-refractivity contribution is 0.669. The second-order valence-electron chi connectivity index (χ2n) is 12.0. The van der Waals surface area contributed by atoms with Gasteiger partial charge in [0.25, 0.3) is 0 Å². The van der Waals surface area contributed by atoms with Crippen molar-refractivity contribution in [2.24, 2.45) is 0 Å². The molecule has 0 atom stereocenters. The van der Waals surface area contributed by atoms with Crippen molar-refractivity contribution in [1.82, 2.24) is 14.1 Å². The van der Waals surface area contributed by atoms with E-state index in [0.717, 1.165) is 66.9 Å². The number of hydrogen-bond acceptors (Lipinski definition) is 2. The van der Waals surface area contributed by atoms with Gasteiger partial charge in [-0.05, 0) is 77.9 Å². The quantitative estimate of drug-likeness (QED) is 0.201. The number of furan rings is 1. The van der Waals surface area contributed by atoms with Gasteiger partial charge >= 0.3 is 0 Å². The Morgan fingerprint density at radius 1 is 0.426 bits per heavy atom. The van der Waals surface area contributed by atoms with Gasteiger partial charge < -0.3 is 8.98 Å². The van der Waals surface area contributed by atoms with Gasteiger partial charge in [0.05, 0.1) is 22.1 Å². The van der Waals surface area contributed by atoms with E-state index >= 15 is 0 Å². The molecule has 10 aromatic rings. The number of nitrogens with zero attached hydrogens (tertiary/aromatic N) is 3. The molecule has 0 aliphatic heterocycles. The molecule has 0 saturated carbocycles. The molecule has 0 radical (unpaired) electrons. The van der Waals surface area contributed by atoms with Crippen LogP contribution in [0.4, 0.5) is 0 Å². The average molecular weight is 602 g/mol. The Hall–Kier alpha value is -6.39. The predicted molar refractivity (Wildman–Crippen MR) is 194 cm³/mol. The van der Waals surface area contributed by atoms with Crippen molar-refractivity contribution in [3.05, 3.63) is 164 Å². The van der Waals surface area contributed by atoms with Crippen LogP contribution in [0, 0.1) is 0 Å². The molecule has 7 aromatic carbocycles. The zero-order valence-electron chi connectivity index (χ0n) is 25.3. The minimum Gasteiger partial charge on any atom is -0.456 e. The Kier molecular flexibility index (Phi) is 5.54. The van der Waals surface area contributed by atoms with Crippen LogP contribution in [-0.4, -0.2) is 14.1 Å². The van der Waals surface area contributed by atoms with Crippen molar-refractivity contribution in [3.8, 4) is 33.9 Å². The van der Waals surface area contributed by atoms with Gasteiger partial charge in [-0.15, -0.1) is 0 Å². The lowest BCUT2D eigenvalue weighted by Crippen LogP contribution is -1.97. The fourth-order valence-corrected chi connectivity index (χ4v) is 7.24. The third-order valence-corrected chi connectivity index (χ3v) is 9.33. The first-order valence-electron chi connectivity index (χ1n) is 15.9. The molecule has 4 nitrogen and oxygen atoms in total. The van der Waals surface area contributed by atoms with Crippen molar-refractivity contribution in [2.45, 2.75) is 0 Å². The molecule has 0 spiro atoms. The molecule has 0 unspecified atom stereocenters. The van der Waals surface area contributed by atoms with Crippen LogP contribution >= 0.6 is 0 Å². The predicted octanol–water partition coefficient (Wildman–Crippen LogP) is 11.4. The Bertz CT molecular complexity index is 2780. The molecule has 0 aliphatic rings. The van der Waals surface area contributed by atoms with Gasteiger partial charge in [0.1, 0.15) is 17.0 Å². The summed E-state index contributed by atoms with van der Waals surface area (Å²) in [6.45, 7) is 0.